The third-order valence-electron chi connectivity index (χ3n) is 5.59. The van der Waals surface area contributed by atoms with Gasteiger partial charge < -0.3 is 15.0 Å². The first-order valence-electron chi connectivity index (χ1n) is 11.3. The van der Waals surface area contributed by atoms with Crippen molar-refractivity contribution in [2.75, 3.05) is 20.6 Å². The van der Waals surface area contributed by atoms with Gasteiger partial charge in [-0.15, -0.1) is 0 Å². The summed E-state index contributed by atoms with van der Waals surface area (Å²) in [7, 11) is 3.95. The van der Waals surface area contributed by atoms with Gasteiger partial charge in [0.15, 0.2) is 6.17 Å². The fourth-order valence-corrected chi connectivity index (χ4v) is 3.91. The summed E-state index contributed by atoms with van der Waals surface area (Å²) in [6.45, 7) is 1.83. The predicted molar refractivity (Wildman–Crippen MR) is 128 cm³/mol. The van der Waals surface area contributed by atoms with Crippen LogP contribution >= 0.6 is 0 Å². The lowest BCUT2D eigenvalue weighted by atomic mass is 10.2. The number of carbonyl (C=O) groups is 2. The molecule has 11 nitrogen and oxygen atoms in total. The number of carbonyl (C=O) groups excluding carboxylic acids is 2. The van der Waals surface area contributed by atoms with Gasteiger partial charge in [-0.1, -0.05) is 30.3 Å². The smallest absolute Gasteiger partial charge is 0.261 e. The minimum Gasteiger partial charge on any atom is -0.364 e. The molecule has 3 N–H and O–H groups in total. The average Bonchev–Trinajstić information content (AvgIpc) is 3.59. The molecular formula is C23H31N9O2. The highest BCUT2D eigenvalue weighted by molar-refractivity contribution is 5.86. The Labute approximate surface area is 199 Å². The van der Waals surface area contributed by atoms with Gasteiger partial charge in [-0.05, 0) is 24.1 Å². The molecule has 1 aromatic carbocycles. The van der Waals surface area contributed by atoms with Gasteiger partial charge in [-0.3, -0.25) is 19.5 Å². The molecule has 0 saturated carbocycles. The van der Waals surface area contributed by atoms with Crippen molar-refractivity contribution in [2.45, 2.75) is 37.8 Å². The molecule has 0 spiro atoms. The Morgan fingerprint density at radius 1 is 1.24 bits per heavy atom. The summed E-state index contributed by atoms with van der Waals surface area (Å²) < 4.78 is 1.87. The fraction of sp³-hybridized carbons (Fsp3) is 0.391. The molecular weight excluding hydrogens is 434 g/mol. The van der Waals surface area contributed by atoms with Crippen LogP contribution in [0, 0.1) is 0 Å². The zero-order valence-corrected chi connectivity index (χ0v) is 19.4. The van der Waals surface area contributed by atoms with E-state index in [2.05, 4.69) is 32.3 Å². The van der Waals surface area contributed by atoms with E-state index < -0.39 is 12.2 Å². The maximum absolute atomic E-state index is 12.7. The van der Waals surface area contributed by atoms with Gasteiger partial charge in [0.2, 0.25) is 0 Å². The highest BCUT2D eigenvalue weighted by Gasteiger charge is 2.28. The van der Waals surface area contributed by atoms with E-state index in [1.165, 1.54) is 0 Å². The van der Waals surface area contributed by atoms with E-state index in [4.69, 9.17) is 0 Å². The normalized spacial score (nSPS) is 20.4. The molecule has 1 aromatic heterocycles. The highest BCUT2D eigenvalue weighted by Crippen LogP contribution is 2.16. The first-order chi connectivity index (χ1) is 16.5. The van der Waals surface area contributed by atoms with Crippen molar-refractivity contribution in [1.29, 1.82) is 0 Å². The van der Waals surface area contributed by atoms with Crippen LogP contribution < -0.4 is 16.2 Å². The lowest BCUT2D eigenvalue weighted by Gasteiger charge is -2.29. The van der Waals surface area contributed by atoms with E-state index >= 15 is 0 Å². The Hall–Kier alpha value is -3.70. The molecule has 180 valence electrons. The summed E-state index contributed by atoms with van der Waals surface area (Å²) in [6, 6.07) is 11.3. The van der Waals surface area contributed by atoms with Crippen LogP contribution in [0.5, 0.6) is 0 Å². The summed E-state index contributed by atoms with van der Waals surface area (Å²) in [6.07, 6.45) is 7.88. The van der Waals surface area contributed by atoms with E-state index in [0.717, 1.165) is 17.7 Å². The second kappa shape index (κ2) is 10.9. The largest absolute Gasteiger partial charge is 0.364 e. The summed E-state index contributed by atoms with van der Waals surface area (Å²) >= 11 is 0. The molecule has 34 heavy (non-hydrogen) atoms. The zero-order chi connectivity index (χ0) is 23.9. The van der Waals surface area contributed by atoms with Crippen LogP contribution in [-0.2, 0) is 22.7 Å². The van der Waals surface area contributed by atoms with E-state index in [0.29, 0.717) is 26.1 Å². The zero-order valence-electron chi connectivity index (χ0n) is 19.4. The van der Waals surface area contributed by atoms with Crippen LogP contribution in [0.25, 0.3) is 0 Å². The second-order valence-corrected chi connectivity index (χ2v) is 8.48. The van der Waals surface area contributed by atoms with Crippen LogP contribution in [0.3, 0.4) is 0 Å². The van der Waals surface area contributed by atoms with Gasteiger partial charge in [0.25, 0.3) is 5.91 Å². The molecule has 2 aliphatic heterocycles. The molecule has 0 saturated heterocycles. The number of nitrogens with zero attached hydrogens (tertiary/aromatic N) is 6. The monoisotopic (exact) mass is 465 g/mol. The fourth-order valence-electron chi connectivity index (χ4n) is 3.91. The third kappa shape index (κ3) is 6.00. The van der Waals surface area contributed by atoms with Crippen molar-refractivity contribution in [3.8, 4) is 0 Å². The Morgan fingerprint density at radius 3 is 2.76 bits per heavy atom. The summed E-state index contributed by atoms with van der Waals surface area (Å²) in [5.41, 5.74) is 7.59. The van der Waals surface area contributed by atoms with E-state index in [9.17, 15) is 9.59 Å². The summed E-state index contributed by atoms with van der Waals surface area (Å²) in [4.78, 5) is 30.6. The van der Waals surface area contributed by atoms with Gasteiger partial charge in [0.1, 0.15) is 18.4 Å². The molecule has 0 radical (unpaired) electrons. The molecule has 2 aliphatic rings. The minimum atomic E-state index is -0.758. The second-order valence-electron chi connectivity index (χ2n) is 8.48. The molecule has 3 atom stereocenters. The van der Waals surface area contributed by atoms with E-state index in [1.54, 1.807) is 17.5 Å². The van der Waals surface area contributed by atoms with Crippen molar-refractivity contribution in [2.24, 2.45) is 4.99 Å². The van der Waals surface area contributed by atoms with Crippen molar-refractivity contribution in [3.05, 3.63) is 66.3 Å². The van der Waals surface area contributed by atoms with Crippen molar-refractivity contribution < 1.29 is 9.59 Å². The molecule has 0 fully saturated rings. The maximum Gasteiger partial charge on any atom is 0.261 e. The number of benzene rings is 1. The summed E-state index contributed by atoms with van der Waals surface area (Å²) in [5, 5.41) is 10.8. The van der Waals surface area contributed by atoms with Crippen LogP contribution in [-0.4, -0.2) is 82.1 Å². The Kier molecular flexibility index (Phi) is 7.55. The molecule has 1 amide bonds. The van der Waals surface area contributed by atoms with Gasteiger partial charge in [0.05, 0.1) is 25.2 Å². The molecule has 4 rings (SSSR count). The number of hydrogen-bond acceptors (Lipinski definition) is 9. The number of aldehydes is 1. The van der Waals surface area contributed by atoms with Crippen LogP contribution in [0.15, 0.2) is 65.7 Å². The van der Waals surface area contributed by atoms with Gasteiger partial charge >= 0.3 is 0 Å². The number of nitrogens with one attached hydrogen (secondary N) is 3. The van der Waals surface area contributed by atoms with Crippen LogP contribution in [0.4, 0.5) is 0 Å². The number of rotatable bonds is 11. The highest BCUT2D eigenvalue weighted by atomic mass is 16.2. The van der Waals surface area contributed by atoms with Crippen molar-refractivity contribution in [3.63, 3.8) is 0 Å². The first kappa shape index (κ1) is 23.5. The number of hydrogen-bond donors (Lipinski definition) is 3. The van der Waals surface area contributed by atoms with Gasteiger partial charge in [-0.25, -0.2) is 15.8 Å². The number of hydrazine groups is 2. The molecule has 0 bridgehead atoms. The van der Waals surface area contributed by atoms with E-state index in [-0.39, 0.29) is 11.9 Å². The van der Waals surface area contributed by atoms with Crippen molar-refractivity contribution >= 4 is 18.5 Å². The van der Waals surface area contributed by atoms with Crippen molar-refractivity contribution in [1.82, 2.24) is 40.9 Å². The predicted octanol–water partition coefficient (Wildman–Crippen LogP) is -0.0765. The molecule has 3 heterocycles. The minimum absolute atomic E-state index is 0.0780. The van der Waals surface area contributed by atoms with Crippen LogP contribution in [0.2, 0.25) is 0 Å². The van der Waals surface area contributed by atoms with Gasteiger partial charge in [0, 0.05) is 33.0 Å². The Morgan fingerprint density at radius 2 is 2.06 bits per heavy atom. The average molecular weight is 466 g/mol. The SMILES string of the molecule is CN(C)C1=CC(Cn2cccn2)NN1CCC(C=O)NC(=O)C1N=CN(Cc2ccccc2)N1. The Balaban J connectivity index is 1.25. The molecule has 11 heteroatoms. The first-order valence-corrected chi connectivity index (χ1v) is 11.3. The van der Waals surface area contributed by atoms with E-state index in [1.807, 2.05) is 71.3 Å². The lowest BCUT2D eigenvalue weighted by Crippen LogP contribution is -2.50. The topological polar surface area (TPSA) is 110 Å². The summed E-state index contributed by atoms with van der Waals surface area (Å²) in [5.74, 6) is 0.671. The number of aliphatic imine (C=N–C) groups is 1. The van der Waals surface area contributed by atoms with Crippen LogP contribution in [0.1, 0.15) is 12.0 Å². The maximum atomic E-state index is 12.7. The lowest BCUT2D eigenvalue weighted by molar-refractivity contribution is -0.126. The molecule has 3 unspecified atom stereocenters. The third-order valence-corrected chi connectivity index (χ3v) is 5.59. The molecule has 0 aliphatic carbocycles. The standard InChI is InChI=1S/C23H31N9O2/c1-29(2)21-13-20(15-30-11-6-10-25-30)27-32(21)12-9-19(16-33)26-23(34)22-24-17-31(28-22)14-18-7-4-3-5-8-18/h3-8,10-11,13,16-17,19-20,22,27-28H,9,12,14-15H2,1-2H3,(H,26,34). The molecule has 2 aromatic rings. The number of aromatic nitrogens is 2. The Bertz CT molecular complexity index is 1010. The quantitative estimate of drug-likeness (QED) is 0.396. The van der Waals surface area contributed by atoms with Gasteiger partial charge in [-0.2, -0.15) is 5.10 Å². The number of amides is 1.